The minimum atomic E-state index is -0.438. The molecule has 7 heteroatoms. The molecular formula is C20H26N2O4S. The molecule has 0 spiro atoms. The molecule has 0 unspecified atom stereocenters. The average Bonchev–Trinajstić information content (AvgIpc) is 3.13. The van der Waals surface area contributed by atoms with Crippen LogP contribution in [-0.2, 0) is 16.1 Å². The molecular weight excluding hydrogens is 364 g/mol. The van der Waals surface area contributed by atoms with Crippen molar-refractivity contribution < 1.29 is 19.1 Å². The van der Waals surface area contributed by atoms with Crippen LogP contribution < -0.4 is 4.74 Å². The number of nitrogens with zero attached hydrogens (tertiary/aromatic N) is 2. The van der Waals surface area contributed by atoms with Crippen molar-refractivity contribution in [2.24, 2.45) is 5.92 Å². The van der Waals surface area contributed by atoms with Crippen molar-refractivity contribution >= 4 is 23.2 Å². The molecule has 1 aromatic heterocycles. The summed E-state index contributed by atoms with van der Waals surface area (Å²) >= 11 is 1.35. The summed E-state index contributed by atoms with van der Waals surface area (Å²) < 4.78 is 10.6. The topological polar surface area (TPSA) is 68.7 Å². The number of ether oxygens (including phenoxy) is 2. The molecule has 6 nitrogen and oxygen atoms in total. The van der Waals surface area contributed by atoms with Crippen molar-refractivity contribution in [1.82, 2.24) is 9.88 Å². The Morgan fingerprint density at radius 3 is 2.63 bits per heavy atom. The Hall–Kier alpha value is -2.41. The predicted octanol–water partition coefficient (Wildman–Crippen LogP) is 3.77. The monoisotopic (exact) mass is 390 g/mol. The molecule has 0 aliphatic carbocycles. The fourth-order valence-electron chi connectivity index (χ4n) is 2.30. The third-order valence-electron chi connectivity index (χ3n) is 3.80. The first-order valence-electron chi connectivity index (χ1n) is 9.06. The maximum absolute atomic E-state index is 12.7. The van der Waals surface area contributed by atoms with E-state index >= 15 is 0 Å². The second kappa shape index (κ2) is 10.7. The summed E-state index contributed by atoms with van der Waals surface area (Å²) in [7, 11) is 0. The number of amides is 1. The first-order valence-corrected chi connectivity index (χ1v) is 9.94. The normalized spacial score (nSPS) is 10.7. The number of rotatable bonds is 10. The minimum absolute atomic E-state index is 0.0295. The van der Waals surface area contributed by atoms with E-state index < -0.39 is 5.97 Å². The van der Waals surface area contributed by atoms with Gasteiger partial charge in [0.25, 0.3) is 5.91 Å². The highest BCUT2D eigenvalue weighted by Gasteiger charge is 2.19. The fraction of sp³-hybridized carbons (Fsp3) is 0.450. The maximum atomic E-state index is 12.7. The van der Waals surface area contributed by atoms with E-state index in [1.54, 1.807) is 17.2 Å². The molecule has 1 amide bonds. The molecule has 0 bridgehead atoms. The lowest BCUT2D eigenvalue weighted by Gasteiger charge is -2.22. The van der Waals surface area contributed by atoms with Crippen molar-refractivity contribution in [2.75, 3.05) is 19.8 Å². The van der Waals surface area contributed by atoms with Gasteiger partial charge in [0.05, 0.1) is 13.2 Å². The van der Waals surface area contributed by atoms with E-state index in [0.29, 0.717) is 36.4 Å². The number of hydrogen-bond acceptors (Lipinski definition) is 6. The van der Waals surface area contributed by atoms with E-state index in [-0.39, 0.29) is 18.2 Å². The van der Waals surface area contributed by atoms with Crippen molar-refractivity contribution in [3.63, 3.8) is 0 Å². The molecule has 146 valence electrons. The fourth-order valence-corrected chi connectivity index (χ4v) is 3.08. The largest absolute Gasteiger partial charge is 0.484 e. The molecule has 0 N–H and O–H groups in total. The Kier molecular flexibility index (Phi) is 8.26. The van der Waals surface area contributed by atoms with Crippen molar-refractivity contribution in [3.8, 4) is 5.75 Å². The lowest BCUT2D eigenvalue weighted by Crippen LogP contribution is -2.35. The first kappa shape index (κ1) is 20.9. The second-order valence-corrected chi connectivity index (χ2v) is 7.39. The first-order chi connectivity index (χ1) is 13.0. The SMILES string of the molecule is CCOC(=O)c1csc(CN(CCC(C)C)C(=O)COc2ccccc2)n1. The van der Waals surface area contributed by atoms with Crippen LogP contribution in [-0.4, -0.2) is 41.5 Å². The summed E-state index contributed by atoms with van der Waals surface area (Å²) in [5.74, 6) is 0.593. The average molecular weight is 391 g/mol. The van der Waals surface area contributed by atoms with Crippen LogP contribution in [0.5, 0.6) is 5.75 Å². The number of aromatic nitrogens is 1. The van der Waals surface area contributed by atoms with E-state index in [1.165, 1.54) is 11.3 Å². The lowest BCUT2D eigenvalue weighted by molar-refractivity contribution is -0.134. The van der Waals surface area contributed by atoms with E-state index in [9.17, 15) is 9.59 Å². The van der Waals surface area contributed by atoms with Crippen LogP contribution in [0.3, 0.4) is 0 Å². The summed E-state index contributed by atoms with van der Waals surface area (Å²) in [4.78, 5) is 30.5. The Bertz CT molecular complexity index is 731. The summed E-state index contributed by atoms with van der Waals surface area (Å²) in [5, 5.41) is 2.37. The maximum Gasteiger partial charge on any atom is 0.357 e. The highest BCUT2D eigenvalue weighted by molar-refractivity contribution is 7.09. The van der Waals surface area contributed by atoms with Crippen LogP contribution in [0.2, 0.25) is 0 Å². The summed E-state index contributed by atoms with van der Waals surface area (Å²) in [5.41, 5.74) is 0.286. The van der Waals surface area contributed by atoms with Gasteiger partial charge in [-0.25, -0.2) is 9.78 Å². The zero-order valence-electron chi connectivity index (χ0n) is 16.0. The highest BCUT2D eigenvalue weighted by atomic mass is 32.1. The van der Waals surface area contributed by atoms with Crippen LogP contribution in [0.25, 0.3) is 0 Å². The van der Waals surface area contributed by atoms with Gasteiger partial charge in [-0.15, -0.1) is 11.3 Å². The third kappa shape index (κ3) is 7.02. The van der Waals surface area contributed by atoms with Gasteiger partial charge in [-0.1, -0.05) is 32.0 Å². The molecule has 0 atom stereocenters. The summed E-state index contributed by atoms with van der Waals surface area (Å²) in [6, 6.07) is 9.26. The van der Waals surface area contributed by atoms with Crippen LogP contribution in [0.1, 0.15) is 42.7 Å². The standard InChI is InChI=1S/C20H26N2O4S/c1-4-25-20(24)17-14-27-18(21-17)12-22(11-10-15(2)3)19(23)13-26-16-8-6-5-7-9-16/h5-9,14-15H,4,10-13H2,1-3H3. The van der Waals surface area contributed by atoms with Crippen LogP contribution >= 0.6 is 11.3 Å². The van der Waals surface area contributed by atoms with Crippen LogP contribution in [0, 0.1) is 5.92 Å². The molecule has 0 aliphatic heterocycles. The van der Waals surface area contributed by atoms with E-state index in [1.807, 2.05) is 30.3 Å². The third-order valence-corrected chi connectivity index (χ3v) is 4.63. The predicted molar refractivity (Wildman–Crippen MR) is 105 cm³/mol. The van der Waals surface area contributed by atoms with Gasteiger partial charge >= 0.3 is 5.97 Å². The smallest absolute Gasteiger partial charge is 0.357 e. The van der Waals surface area contributed by atoms with Crippen LogP contribution in [0.4, 0.5) is 0 Å². The Labute approximate surface area is 164 Å². The van der Waals surface area contributed by atoms with Gasteiger partial charge in [-0.05, 0) is 31.4 Å². The molecule has 0 aliphatic rings. The van der Waals surface area contributed by atoms with E-state index in [2.05, 4.69) is 18.8 Å². The number of thiazole rings is 1. The van der Waals surface area contributed by atoms with Gasteiger partial charge in [0.15, 0.2) is 12.3 Å². The number of hydrogen-bond donors (Lipinski definition) is 0. The zero-order chi connectivity index (χ0) is 19.6. The van der Waals surface area contributed by atoms with Gasteiger partial charge in [-0.3, -0.25) is 4.79 Å². The van der Waals surface area contributed by atoms with Crippen molar-refractivity contribution in [2.45, 2.75) is 33.7 Å². The second-order valence-electron chi connectivity index (χ2n) is 6.45. The Balaban J connectivity index is 2.00. The molecule has 1 aromatic carbocycles. The molecule has 2 rings (SSSR count). The quantitative estimate of drug-likeness (QED) is 0.578. The Morgan fingerprint density at radius 1 is 1.22 bits per heavy atom. The molecule has 0 fully saturated rings. The van der Waals surface area contributed by atoms with E-state index in [0.717, 1.165) is 6.42 Å². The number of benzene rings is 1. The molecule has 27 heavy (non-hydrogen) atoms. The molecule has 2 aromatic rings. The number of carbonyl (C=O) groups excluding carboxylic acids is 2. The number of para-hydroxylation sites is 1. The summed E-state index contributed by atoms with van der Waals surface area (Å²) in [6.45, 7) is 7.23. The van der Waals surface area contributed by atoms with Gasteiger partial charge in [0.1, 0.15) is 10.8 Å². The molecule has 0 saturated carbocycles. The van der Waals surface area contributed by atoms with Gasteiger partial charge in [-0.2, -0.15) is 0 Å². The molecule has 0 radical (unpaired) electrons. The van der Waals surface area contributed by atoms with E-state index in [4.69, 9.17) is 9.47 Å². The Morgan fingerprint density at radius 2 is 1.96 bits per heavy atom. The van der Waals surface area contributed by atoms with Gasteiger partial charge < -0.3 is 14.4 Å². The molecule has 0 saturated heterocycles. The summed E-state index contributed by atoms with van der Waals surface area (Å²) in [6.07, 6.45) is 0.882. The number of esters is 1. The lowest BCUT2D eigenvalue weighted by atomic mass is 10.1. The zero-order valence-corrected chi connectivity index (χ0v) is 16.8. The van der Waals surface area contributed by atoms with Crippen molar-refractivity contribution in [1.29, 1.82) is 0 Å². The molecule has 1 heterocycles. The minimum Gasteiger partial charge on any atom is -0.484 e. The van der Waals surface area contributed by atoms with Crippen LogP contribution in [0.15, 0.2) is 35.7 Å². The highest BCUT2D eigenvalue weighted by Crippen LogP contribution is 2.15. The number of carbonyl (C=O) groups is 2. The van der Waals surface area contributed by atoms with Gasteiger partial charge in [0.2, 0.25) is 0 Å². The van der Waals surface area contributed by atoms with Crippen molar-refractivity contribution in [3.05, 3.63) is 46.4 Å². The van der Waals surface area contributed by atoms with Gasteiger partial charge in [0, 0.05) is 11.9 Å².